The van der Waals surface area contributed by atoms with Gasteiger partial charge in [-0.25, -0.2) is 4.98 Å². The van der Waals surface area contributed by atoms with Crippen molar-refractivity contribution < 1.29 is 4.84 Å². The Morgan fingerprint density at radius 2 is 1.74 bits per heavy atom. The molecule has 1 heterocycles. The van der Waals surface area contributed by atoms with Gasteiger partial charge in [0.1, 0.15) is 23.3 Å². The van der Waals surface area contributed by atoms with Crippen LogP contribution in [0.2, 0.25) is 0 Å². The van der Waals surface area contributed by atoms with Crippen molar-refractivity contribution in [1.82, 2.24) is 4.98 Å². The van der Waals surface area contributed by atoms with Crippen molar-refractivity contribution in [3.05, 3.63) is 41.0 Å². The fraction of sp³-hybridized carbons (Fsp3) is 0.176. The van der Waals surface area contributed by atoms with E-state index in [1.54, 1.807) is 13.8 Å². The predicted molar refractivity (Wildman–Crippen MR) is 87.7 cm³/mol. The van der Waals surface area contributed by atoms with Crippen molar-refractivity contribution >= 4 is 11.4 Å². The summed E-state index contributed by atoms with van der Waals surface area (Å²) >= 11 is 0. The van der Waals surface area contributed by atoms with Gasteiger partial charge < -0.3 is 10.6 Å². The standard InChI is InChI=1S/C17H15N5O/c1-10(2)22-23-17-14(9-19)15(20)13(8-18)16(21-17)12-6-4-11(3)5-7-12/h4-7H,1-3H3,(H2,20,21). The highest BCUT2D eigenvalue weighted by Gasteiger charge is 2.20. The Morgan fingerprint density at radius 1 is 1.13 bits per heavy atom. The number of aryl methyl sites for hydroxylation is 1. The zero-order valence-electron chi connectivity index (χ0n) is 13.1. The molecule has 0 aliphatic rings. The van der Waals surface area contributed by atoms with E-state index in [1.807, 2.05) is 43.3 Å². The largest absolute Gasteiger partial charge is 0.396 e. The molecule has 2 N–H and O–H groups in total. The fourth-order valence-electron chi connectivity index (χ4n) is 1.92. The highest BCUT2D eigenvalue weighted by molar-refractivity contribution is 5.80. The summed E-state index contributed by atoms with van der Waals surface area (Å²) in [5.41, 5.74) is 8.98. The van der Waals surface area contributed by atoms with Crippen molar-refractivity contribution in [2.24, 2.45) is 5.16 Å². The molecule has 0 atom stereocenters. The van der Waals surface area contributed by atoms with Crippen LogP contribution < -0.4 is 10.6 Å². The number of nitrogens with zero attached hydrogens (tertiary/aromatic N) is 4. The minimum Gasteiger partial charge on any atom is -0.396 e. The molecule has 2 rings (SSSR count). The van der Waals surface area contributed by atoms with Crippen LogP contribution in [-0.4, -0.2) is 10.7 Å². The van der Waals surface area contributed by atoms with Crippen LogP contribution in [0.25, 0.3) is 11.3 Å². The second-order valence-electron chi connectivity index (χ2n) is 5.15. The number of pyridine rings is 1. The second kappa shape index (κ2) is 6.59. The van der Waals surface area contributed by atoms with Crippen LogP contribution in [0.15, 0.2) is 29.4 Å². The maximum atomic E-state index is 9.40. The quantitative estimate of drug-likeness (QED) is 0.692. The molecule has 0 fully saturated rings. The van der Waals surface area contributed by atoms with Crippen LogP contribution in [0, 0.1) is 29.6 Å². The molecule has 1 aromatic heterocycles. The average molecular weight is 305 g/mol. The van der Waals surface area contributed by atoms with E-state index >= 15 is 0 Å². The summed E-state index contributed by atoms with van der Waals surface area (Å²) in [6, 6.07) is 11.4. The van der Waals surface area contributed by atoms with E-state index in [4.69, 9.17) is 10.6 Å². The Balaban J connectivity index is 2.71. The first-order chi connectivity index (χ1) is 11.0. The Morgan fingerprint density at radius 3 is 2.26 bits per heavy atom. The van der Waals surface area contributed by atoms with Crippen LogP contribution in [0.4, 0.5) is 5.69 Å². The highest BCUT2D eigenvalue weighted by Crippen LogP contribution is 2.33. The van der Waals surface area contributed by atoms with E-state index < -0.39 is 0 Å². The lowest BCUT2D eigenvalue weighted by molar-refractivity contribution is 0.326. The maximum absolute atomic E-state index is 9.40. The van der Waals surface area contributed by atoms with Gasteiger partial charge in [0, 0.05) is 5.56 Å². The van der Waals surface area contributed by atoms with Crippen LogP contribution >= 0.6 is 0 Å². The minimum atomic E-state index is -0.0132. The molecular weight excluding hydrogens is 290 g/mol. The van der Waals surface area contributed by atoms with Gasteiger partial charge in [0.05, 0.1) is 17.1 Å². The first kappa shape index (κ1) is 16.0. The first-order valence-electron chi connectivity index (χ1n) is 6.86. The Kier molecular flexibility index (Phi) is 4.58. The molecule has 0 saturated carbocycles. The van der Waals surface area contributed by atoms with Gasteiger partial charge in [0.15, 0.2) is 0 Å². The molecule has 6 heteroatoms. The van der Waals surface area contributed by atoms with Crippen molar-refractivity contribution in [3.8, 4) is 29.3 Å². The molecule has 23 heavy (non-hydrogen) atoms. The van der Waals surface area contributed by atoms with Gasteiger partial charge in [-0.2, -0.15) is 10.5 Å². The molecule has 0 saturated heterocycles. The lowest BCUT2D eigenvalue weighted by atomic mass is 10.0. The zero-order valence-corrected chi connectivity index (χ0v) is 13.1. The zero-order chi connectivity index (χ0) is 17.0. The van der Waals surface area contributed by atoms with Gasteiger partial charge in [-0.1, -0.05) is 35.0 Å². The normalized spacial score (nSPS) is 9.61. The summed E-state index contributed by atoms with van der Waals surface area (Å²) in [6.45, 7) is 5.46. The van der Waals surface area contributed by atoms with E-state index in [1.165, 1.54) is 0 Å². The number of nitrogens with two attached hydrogens (primary N) is 1. The molecule has 2 aromatic rings. The minimum absolute atomic E-state index is 0.00223. The van der Waals surface area contributed by atoms with Crippen LogP contribution in [0.3, 0.4) is 0 Å². The SMILES string of the molecule is CC(C)=NOc1nc(-c2ccc(C)cc2)c(C#N)c(N)c1C#N. The number of nitrogen functional groups attached to an aromatic ring is 1. The van der Waals surface area contributed by atoms with Crippen LogP contribution in [0.5, 0.6) is 5.88 Å². The van der Waals surface area contributed by atoms with Gasteiger partial charge in [0.25, 0.3) is 5.88 Å². The molecule has 0 aliphatic heterocycles. The highest BCUT2D eigenvalue weighted by atomic mass is 16.6. The van der Waals surface area contributed by atoms with Crippen LogP contribution in [-0.2, 0) is 0 Å². The molecule has 6 nitrogen and oxygen atoms in total. The van der Waals surface area contributed by atoms with Crippen molar-refractivity contribution in [3.63, 3.8) is 0 Å². The summed E-state index contributed by atoms with van der Waals surface area (Å²) in [6.07, 6.45) is 0. The number of anilines is 1. The Bertz CT molecular complexity index is 851. The topological polar surface area (TPSA) is 108 Å². The molecule has 0 amide bonds. The average Bonchev–Trinajstić information content (AvgIpc) is 2.53. The number of hydrogen-bond acceptors (Lipinski definition) is 6. The molecule has 0 bridgehead atoms. The van der Waals surface area contributed by atoms with E-state index in [0.29, 0.717) is 17.0 Å². The number of benzene rings is 1. The summed E-state index contributed by atoms with van der Waals surface area (Å²) in [7, 11) is 0. The molecule has 114 valence electrons. The van der Waals surface area contributed by atoms with Gasteiger partial charge in [-0.15, -0.1) is 0 Å². The predicted octanol–water partition coefficient (Wildman–Crippen LogP) is 3.16. The smallest absolute Gasteiger partial charge is 0.269 e. The summed E-state index contributed by atoms with van der Waals surface area (Å²) < 4.78 is 0. The molecule has 0 aliphatic carbocycles. The maximum Gasteiger partial charge on any atom is 0.269 e. The first-order valence-corrected chi connectivity index (χ1v) is 6.86. The van der Waals surface area contributed by atoms with E-state index in [-0.39, 0.29) is 22.7 Å². The molecular formula is C17H15N5O. The van der Waals surface area contributed by atoms with Crippen LogP contribution in [0.1, 0.15) is 30.5 Å². The van der Waals surface area contributed by atoms with E-state index in [9.17, 15) is 10.5 Å². The van der Waals surface area contributed by atoms with Gasteiger partial charge in [0.2, 0.25) is 0 Å². The van der Waals surface area contributed by atoms with Gasteiger partial charge in [-0.05, 0) is 20.8 Å². The van der Waals surface area contributed by atoms with Gasteiger partial charge in [-0.3, -0.25) is 0 Å². The van der Waals surface area contributed by atoms with Crippen molar-refractivity contribution in [1.29, 1.82) is 10.5 Å². The molecule has 1 aromatic carbocycles. The third kappa shape index (κ3) is 3.28. The number of hydrogen-bond donors (Lipinski definition) is 1. The second-order valence-corrected chi connectivity index (χ2v) is 5.15. The Hall–Kier alpha value is -3.38. The lowest BCUT2D eigenvalue weighted by Crippen LogP contribution is -2.04. The van der Waals surface area contributed by atoms with E-state index in [2.05, 4.69) is 10.1 Å². The Labute approximate surface area is 134 Å². The number of rotatable bonds is 3. The molecule has 0 radical (unpaired) electrons. The number of oxime groups is 1. The summed E-state index contributed by atoms with van der Waals surface area (Å²) in [4.78, 5) is 9.51. The summed E-state index contributed by atoms with van der Waals surface area (Å²) in [5, 5.41) is 22.5. The van der Waals surface area contributed by atoms with Crippen molar-refractivity contribution in [2.45, 2.75) is 20.8 Å². The monoisotopic (exact) mass is 305 g/mol. The van der Waals surface area contributed by atoms with Crippen molar-refractivity contribution in [2.75, 3.05) is 5.73 Å². The van der Waals surface area contributed by atoms with Gasteiger partial charge >= 0.3 is 0 Å². The van der Waals surface area contributed by atoms with E-state index in [0.717, 1.165) is 5.56 Å². The molecule has 0 unspecified atom stereocenters. The third-order valence-corrected chi connectivity index (χ3v) is 3.07. The molecule has 0 spiro atoms. The fourth-order valence-corrected chi connectivity index (χ4v) is 1.92. The number of aromatic nitrogens is 1. The lowest BCUT2D eigenvalue weighted by Gasteiger charge is -2.11. The number of nitriles is 2. The summed E-state index contributed by atoms with van der Waals surface area (Å²) in [5.74, 6) is -0.0132. The third-order valence-electron chi connectivity index (χ3n) is 3.07.